The molecule has 10 heteroatoms. The summed E-state index contributed by atoms with van der Waals surface area (Å²) in [7, 11) is 0. The second kappa shape index (κ2) is 14.9. The number of ether oxygens (including phenoxy) is 1. The quantitative estimate of drug-likeness (QED) is 0.165. The van der Waals surface area contributed by atoms with Gasteiger partial charge >= 0.3 is 5.97 Å². The maximum atomic E-state index is 13.5. The van der Waals surface area contributed by atoms with Crippen LogP contribution in [0.4, 0.5) is 0 Å². The smallest absolute Gasteiger partial charge is 0.310 e. The highest BCUT2D eigenvalue weighted by molar-refractivity contribution is 7.14. The van der Waals surface area contributed by atoms with Gasteiger partial charge in [-0.2, -0.15) is 0 Å². The monoisotopic (exact) mass is 680 g/mol. The molecule has 2 aromatic carbocycles. The minimum absolute atomic E-state index is 0.0950. The number of nitrogens with zero attached hydrogens (tertiary/aromatic N) is 3. The molecule has 2 aromatic heterocycles. The van der Waals surface area contributed by atoms with E-state index in [0.717, 1.165) is 51.8 Å². The van der Waals surface area contributed by atoms with Crippen LogP contribution in [0.15, 0.2) is 73.1 Å². The minimum atomic E-state index is -0.920. The fourth-order valence-electron chi connectivity index (χ4n) is 6.37. The molecule has 1 saturated carbocycles. The number of thiophene rings is 1. The number of benzene rings is 2. The first kappa shape index (κ1) is 34.3. The predicted octanol–water partition coefficient (Wildman–Crippen LogP) is 7.01. The molecule has 6 rings (SSSR count). The van der Waals surface area contributed by atoms with Crippen LogP contribution < -0.4 is 10.1 Å². The zero-order valence-electron chi connectivity index (χ0n) is 28.4. The fourth-order valence-corrected chi connectivity index (χ4v) is 7.33. The molecule has 0 radical (unpaired) electrons. The number of carbonyl (C=O) groups excluding carboxylic acids is 2. The number of nitrogens with one attached hydrogen (secondary N) is 1. The Kier molecular flexibility index (Phi) is 10.4. The Hall–Kier alpha value is -4.57. The van der Waals surface area contributed by atoms with E-state index in [1.54, 1.807) is 6.07 Å². The van der Waals surface area contributed by atoms with Crippen molar-refractivity contribution in [3.63, 3.8) is 0 Å². The van der Waals surface area contributed by atoms with Crippen molar-refractivity contribution in [1.82, 2.24) is 20.2 Å². The first-order chi connectivity index (χ1) is 23.5. The van der Waals surface area contributed by atoms with Gasteiger partial charge in [-0.05, 0) is 53.1 Å². The zero-order valence-corrected chi connectivity index (χ0v) is 29.2. The van der Waals surface area contributed by atoms with Crippen molar-refractivity contribution in [2.75, 3.05) is 19.7 Å². The highest BCUT2D eigenvalue weighted by Crippen LogP contribution is 2.30. The maximum Gasteiger partial charge on any atom is 0.310 e. The Morgan fingerprint density at radius 1 is 0.918 bits per heavy atom. The standard InChI is InChI=1S/C39H44N4O5S/c1-39(2,3)34-17-16-33(49-34)36(44)42-32(37(45)43-23-30(24-43)38(46)47)20-26-8-10-28(11-9-26)35-40-21-29(22-41-35)27-12-14-31(15-13-27)48-19-18-25-6-4-5-7-25/h8-17,21-22,25,30,32H,4-7,18-20,23-24H2,1-3H3,(H,42,44)(H,46,47). The number of aliphatic carboxylic acids is 1. The molecule has 1 saturated heterocycles. The van der Waals surface area contributed by atoms with Crippen molar-refractivity contribution in [3.05, 3.63) is 88.4 Å². The molecule has 49 heavy (non-hydrogen) atoms. The number of amides is 2. The van der Waals surface area contributed by atoms with Crippen molar-refractivity contribution >= 4 is 29.1 Å². The molecule has 1 unspecified atom stereocenters. The van der Waals surface area contributed by atoms with Crippen molar-refractivity contribution in [3.8, 4) is 28.3 Å². The molecule has 0 bridgehead atoms. The summed E-state index contributed by atoms with van der Waals surface area (Å²) < 4.78 is 5.97. The van der Waals surface area contributed by atoms with E-state index in [0.29, 0.717) is 10.7 Å². The normalized spacial score (nSPS) is 15.9. The Morgan fingerprint density at radius 2 is 1.57 bits per heavy atom. The Bertz CT molecular complexity index is 1750. The predicted molar refractivity (Wildman–Crippen MR) is 191 cm³/mol. The highest BCUT2D eigenvalue weighted by Gasteiger charge is 2.39. The molecule has 2 amide bonds. The lowest BCUT2D eigenvalue weighted by molar-refractivity contribution is -0.153. The third-order valence-electron chi connectivity index (χ3n) is 9.48. The molecule has 1 atom stereocenters. The molecule has 1 aliphatic heterocycles. The van der Waals surface area contributed by atoms with Gasteiger partial charge in [0.1, 0.15) is 11.8 Å². The minimum Gasteiger partial charge on any atom is -0.494 e. The van der Waals surface area contributed by atoms with E-state index in [1.807, 2.05) is 67.0 Å². The maximum absolute atomic E-state index is 13.5. The lowest BCUT2D eigenvalue weighted by Crippen LogP contribution is -2.59. The van der Waals surface area contributed by atoms with Crippen molar-refractivity contribution in [2.24, 2.45) is 11.8 Å². The van der Waals surface area contributed by atoms with Crippen LogP contribution in [0, 0.1) is 11.8 Å². The van der Waals surface area contributed by atoms with Gasteiger partial charge in [-0.3, -0.25) is 14.4 Å². The summed E-state index contributed by atoms with van der Waals surface area (Å²) in [5.74, 6) is 0.155. The van der Waals surface area contributed by atoms with E-state index < -0.39 is 17.9 Å². The van der Waals surface area contributed by atoms with Crippen LogP contribution >= 0.6 is 11.3 Å². The lowest BCUT2D eigenvalue weighted by atomic mass is 9.95. The summed E-state index contributed by atoms with van der Waals surface area (Å²) >= 11 is 1.41. The molecule has 3 heterocycles. The van der Waals surface area contributed by atoms with Crippen LogP contribution in [0.1, 0.15) is 73.0 Å². The average Bonchev–Trinajstić information content (AvgIpc) is 3.78. The summed E-state index contributed by atoms with van der Waals surface area (Å²) in [4.78, 5) is 50.4. The number of aromatic nitrogens is 2. The summed E-state index contributed by atoms with van der Waals surface area (Å²) in [6.07, 6.45) is 10.4. The number of hydrogen-bond donors (Lipinski definition) is 2. The van der Waals surface area contributed by atoms with Gasteiger partial charge in [-0.15, -0.1) is 11.3 Å². The number of hydrogen-bond acceptors (Lipinski definition) is 7. The van der Waals surface area contributed by atoms with Gasteiger partial charge in [0, 0.05) is 47.9 Å². The summed E-state index contributed by atoms with van der Waals surface area (Å²) in [6, 6.07) is 18.6. The molecule has 2 fully saturated rings. The van der Waals surface area contributed by atoms with Gasteiger partial charge in [0.2, 0.25) is 5.91 Å². The van der Waals surface area contributed by atoms with E-state index in [2.05, 4.69) is 36.1 Å². The van der Waals surface area contributed by atoms with E-state index >= 15 is 0 Å². The van der Waals surface area contributed by atoms with E-state index in [9.17, 15) is 19.5 Å². The molecule has 256 valence electrons. The van der Waals surface area contributed by atoms with Gasteiger partial charge in [0.25, 0.3) is 5.91 Å². The van der Waals surface area contributed by atoms with Crippen LogP contribution in [0.3, 0.4) is 0 Å². The first-order valence-corrected chi connectivity index (χ1v) is 17.9. The van der Waals surface area contributed by atoms with Crippen molar-refractivity contribution in [1.29, 1.82) is 0 Å². The van der Waals surface area contributed by atoms with E-state index in [-0.39, 0.29) is 36.7 Å². The van der Waals surface area contributed by atoms with Crippen LogP contribution in [0.25, 0.3) is 22.5 Å². The van der Waals surface area contributed by atoms with Crippen LogP contribution in [-0.4, -0.2) is 63.5 Å². The third-order valence-corrected chi connectivity index (χ3v) is 11.0. The number of carbonyl (C=O) groups is 3. The van der Waals surface area contributed by atoms with Gasteiger partial charge in [0.05, 0.1) is 17.4 Å². The molecule has 2 N–H and O–H groups in total. The van der Waals surface area contributed by atoms with Crippen molar-refractivity contribution < 1.29 is 24.2 Å². The number of rotatable bonds is 12. The van der Waals surface area contributed by atoms with Gasteiger partial charge < -0.3 is 20.1 Å². The Labute approximate surface area is 291 Å². The largest absolute Gasteiger partial charge is 0.494 e. The lowest BCUT2D eigenvalue weighted by Gasteiger charge is -2.38. The average molecular weight is 681 g/mol. The zero-order chi connectivity index (χ0) is 34.5. The molecule has 9 nitrogen and oxygen atoms in total. The number of likely N-dealkylation sites (tertiary alicyclic amines) is 1. The van der Waals surface area contributed by atoms with Gasteiger partial charge in [0.15, 0.2) is 5.82 Å². The number of carboxylic acids is 1. The van der Waals surface area contributed by atoms with E-state index in [4.69, 9.17) is 4.74 Å². The molecule has 1 aliphatic carbocycles. The first-order valence-electron chi connectivity index (χ1n) is 17.1. The molecular formula is C39H44N4O5S. The molecule has 2 aliphatic rings. The van der Waals surface area contributed by atoms with E-state index in [1.165, 1.54) is 41.9 Å². The molecule has 4 aromatic rings. The second-order valence-corrected chi connectivity index (χ2v) is 15.3. The van der Waals surface area contributed by atoms with Crippen molar-refractivity contribution in [2.45, 2.75) is 70.8 Å². The SMILES string of the molecule is CC(C)(C)c1ccc(C(=O)NC(Cc2ccc(-c3ncc(-c4ccc(OCCC5CCCC5)cc4)cn3)cc2)C(=O)N2CC(C(=O)O)C2)s1. The number of carboxylic acid groups (broad SMARTS) is 1. The third kappa shape index (κ3) is 8.54. The summed E-state index contributed by atoms with van der Waals surface area (Å²) in [5.41, 5.74) is 3.50. The Morgan fingerprint density at radius 3 is 2.18 bits per heavy atom. The molecule has 0 spiro atoms. The topological polar surface area (TPSA) is 122 Å². The summed E-state index contributed by atoms with van der Waals surface area (Å²) in [5, 5.41) is 12.2. The van der Waals surface area contributed by atoms with Crippen LogP contribution in [0.5, 0.6) is 5.75 Å². The van der Waals surface area contributed by atoms with Crippen LogP contribution in [-0.2, 0) is 21.4 Å². The fraction of sp³-hybridized carbons (Fsp3) is 0.410. The van der Waals surface area contributed by atoms with Crippen LogP contribution in [0.2, 0.25) is 0 Å². The van der Waals surface area contributed by atoms with Gasteiger partial charge in [-0.25, -0.2) is 9.97 Å². The van der Waals surface area contributed by atoms with Gasteiger partial charge in [-0.1, -0.05) is 82.9 Å². The molecular weight excluding hydrogens is 637 g/mol. The highest BCUT2D eigenvalue weighted by atomic mass is 32.1. The second-order valence-electron chi connectivity index (χ2n) is 14.2. The Balaban J connectivity index is 1.09. The summed E-state index contributed by atoms with van der Waals surface area (Å²) in [6.45, 7) is 7.30.